The van der Waals surface area contributed by atoms with E-state index in [0.29, 0.717) is 18.7 Å². The van der Waals surface area contributed by atoms with Crippen molar-refractivity contribution in [2.75, 3.05) is 12.4 Å². The van der Waals surface area contributed by atoms with E-state index in [9.17, 15) is 22.8 Å². The number of aromatic nitrogens is 1. The molecule has 0 amide bonds. The third-order valence-electron chi connectivity index (χ3n) is 6.34. The molecule has 0 bridgehead atoms. The quantitative estimate of drug-likeness (QED) is 0.0862. The van der Waals surface area contributed by atoms with Gasteiger partial charge in [-0.25, -0.2) is 14.2 Å². The lowest BCUT2D eigenvalue weighted by Crippen LogP contribution is -2.40. The first kappa shape index (κ1) is 33.6. The normalized spacial score (nSPS) is 21.1. The number of halogens is 3. The van der Waals surface area contributed by atoms with E-state index in [0.717, 1.165) is 29.4 Å². The number of thioether (sulfide) groups is 1. The fraction of sp³-hybridized carbons (Fsp3) is 0.667. The van der Waals surface area contributed by atoms with Gasteiger partial charge in [0.15, 0.2) is 24.2 Å². The second kappa shape index (κ2) is 15.4. The van der Waals surface area contributed by atoms with Gasteiger partial charge in [0.25, 0.3) is 0 Å². The summed E-state index contributed by atoms with van der Waals surface area (Å²) in [5.41, 5.74) is -0.467. The van der Waals surface area contributed by atoms with E-state index in [1.165, 1.54) is 18.3 Å². The first-order valence-electron chi connectivity index (χ1n) is 13.2. The molecule has 39 heavy (non-hydrogen) atoms. The molecule has 1 aromatic heterocycles. The van der Waals surface area contributed by atoms with E-state index in [-0.39, 0.29) is 36.8 Å². The predicted octanol–water partition coefficient (Wildman–Crippen LogP) is 8.17. The van der Waals surface area contributed by atoms with Crippen LogP contribution < -0.4 is 0 Å². The van der Waals surface area contributed by atoms with Crippen LogP contribution in [0.25, 0.3) is 0 Å². The highest BCUT2D eigenvalue weighted by Gasteiger charge is 2.37. The van der Waals surface area contributed by atoms with Gasteiger partial charge < -0.3 is 13.9 Å². The van der Waals surface area contributed by atoms with Crippen LogP contribution in [0.3, 0.4) is 0 Å². The number of carbonyl (C=O) groups is 2. The van der Waals surface area contributed by atoms with E-state index >= 15 is 0 Å². The van der Waals surface area contributed by atoms with Crippen LogP contribution in [0.2, 0.25) is 19.6 Å². The molecule has 220 valence electrons. The van der Waals surface area contributed by atoms with Crippen molar-refractivity contribution in [3.05, 3.63) is 35.1 Å². The zero-order chi connectivity index (χ0) is 29.2. The molecule has 0 radical (unpaired) electrons. The van der Waals surface area contributed by atoms with E-state index in [2.05, 4.69) is 11.1 Å². The minimum absolute atomic E-state index is 0.104. The lowest BCUT2D eigenvalue weighted by atomic mass is 9.90. The summed E-state index contributed by atoms with van der Waals surface area (Å²) in [6.45, 7) is 11.4. The Morgan fingerprint density at radius 3 is 2.59 bits per heavy atom. The predicted molar refractivity (Wildman–Crippen MR) is 151 cm³/mol. The van der Waals surface area contributed by atoms with Crippen molar-refractivity contribution >= 4 is 43.4 Å². The molecule has 1 fully saturated rings. The number of ether oxygens (including phenoxy) is 2. The third kappa shape index (κ3) is 11.8. The molecule has 1 heterocycles. The van der Waals surface area contributed by atoms with Crippen molar-refractivity contribution in [1.82, 2.24) is 4.98 Å². The number of carbonyl (C=O) groups excluding carboxylic acids is 2. The van der Waals surface area contributed by atoms with Crippen molar-refractivity contribution in [3.63, 3.8) is 0 Å². The van der Waals surface area contributed by atoms with Gasteiger partial charge in [0.1, 0.15) is 6.10 Å². The van der Waals surface area contributed by atoms with Crippen LogP contribution in [-0.2, 0) is 18.7 Å². The number of hydrogen-bond donors (Lipinski definition) is 0. The van der Waals surface area contributed by atoms with E-state index in [1.807, 2.05) is 32.6 Å². The van der Waals surface area contributed by atoms with Gasteiger partial charge in [0.2, 0.25) is 0 Å². The molecular weight excluding hydrogens is 568 g/mol. The number of esters is 2. The summed E-state index contributed by atoms with van der Waals surface area (Å²) in [7, 11) is -2.03. The van der Waals surface area contributed by atoms with Gasteiger partial charge in [-0.05, 0) is 71.5 Å². The molecule has 1 aliphatic rings. The molecule has 1 aromatic rings. The Hall–Kier alpha value is -1.63. The monoisotopic (exact) mass is 607 g/mol. The molecule has 0 aliphatic heterocycles. The SMILES string of the molecule is CCOC(=O)c1csc(SCCC2C(/C=C/CC(C)(CCC(F)=C(F)F)O[Si](C)(C)C)CCC2OC(C)=O)n1. The van der Waals surface area contributed by atoms with Crippen LogP contribution in [0.4, 0.5) is 13.2 Å². The standard InChI is InChI=1S/C27H40F3NO5S2Si/c1-7-34-25(33)22-17-38-26(31-22)37-16-13-20-19(10-11-23(20)35-18(2)32)9-8-14-27(3,36-39(4,5)6)15-12-21(28)24(29)30/h8-9,17,19-20,23H,7,10-16H2,1-6H3/b9-8+. The lowest BCUT2D eigenvalue weighted by molar-refractivity contribution is -0.148. The smallest absolute Gasteiger partial charge is 0.357 e. The Labute approximate surface area is 238 Å². The zero-order valence-corrected chi connectivity index (χ0v) is 26.2. The summed E-state index contributed by atoms with van der Waals surface area (Å²) < 4.78 is 56.6. The Kier molecular flexibility index (Phi) is 13.2. The van der Waals surface area contributed by atoms with Gasteiger partial charge in [0, 0.05) is 30.4 Å². The maximum absolute atomic E-state index is 13.6. The summed E-state index contributed by atoms with van der Waals surface area (Å²) in [5.74, 6) is -1.14. The minimum Gasteiger partial charge on any atom is -0.462 e. The highest BCUT2D eigenvalue weighted by Crippen LogP contribution is 2.40. The van der Waals surface area contributed by atoms with E-state index in [1.54, 1.807) is 24.1 Å². The number of allylic oxidation sites excluding steroid dienone is 2. The fourth-order valence-electron chi connectivity index (χ4n) is 4.86. The van der Waals surface area contributed by atoms with Crippen molar-refractivity contribution in [1.29, 1.82) is 0 Å². The maximum atomic E-state index is 13.6. The van der Waals surface area contributed by atoms with Gasteiger partial charge in [-0.2, -0.15) is 8.78 Å². The second-order valence-electron chi connectivity index (χ2n) is 10.9. The van der Waals surface area contributed by atoms with Crippen LogP contribution in [-0.4, -0.2) is 49.3 Å². The van der Waals surface area contributed by atoms with Crippen LogP contribution in [0.5, 0.6) is 0 Å². The van der Waals surface area contributed by atoms with Gasteiger partial charge in [0.05, 0.1) is 12.2 Å². The van der Waals surface area contributed by atoms with Crippen LogP contribution >= 0.6 is 23.1 Å². The molecule has 1 aliphatic carbocycles. The molecule has 6 nitrogen and oxygen atoms in total. The molecule has 0 saturated heterocycles. The lowest BCUT2D eigenvalue weighted by Gasteiger charge is -2.36. The summed E-state index contributed by atoms with van der Waals surface area (Å²) in [6.07, 6.45) is 4.25. The summed E-state index contributed by atoms with van der Waals surface area (Å²) in [6, 6.07) is 0. The zero-order valence-electron chi connectivity index (χ0n) is 23.6. The first-order chi connectivity index (χ1) is 18.2. The number of hydrogen-bond acceptors (Lipinski definition) is 8. The number of rotatable bonds is 15. The fourth-order valence-corrected chi connectivity index (χ4v) is 8.43. The molecule has 4 atom stereocenters. The Morgan fingerprint density at radius 1 is 1.26 bits per heavy atom. The van der Waals surface area contributed by atoms with Gasteiger partial charge >= 0.3 is 18.0 Å². The maximum Gasteiger partial charge on any atom is 0.357 e. The average molecular weight is 608 g/mol. The summed E-state index contributed by atoms with van der Waals surface area (Å²) >= 11 is 2.94. The summed E-state index contributed by atoms with van der Waals surface area (Å²) in [4.78, 5) is 27.9. The molecular formula is C27H40F3NO5S2Si. The highest BCUT2D eigenvalue weighted by molar-refractivity contribution is 8.01. The molecule has 2 rings (SSSR count). The molecule has 4 unspecified atom stereocenters. The van der Waals surface area contributed by atoms with Crippen molar-refractivity contribution in [2.24, 2.45) is 11.8 Å². The average Bonchev–Trinajstić information content (AvgIpc) is 3.44. The van der Waals surface area contributed by atoms with Crippen molar-refractivity contribution in [2.45, 2.75) is 95.0 Å². The van der Waals surface area contributed by atoms with E-state index < -0.39 is 31.8 Å². The van der Waals surface area contributed by atoms with E-state index in [4.69, 9.17) is 13.9 Å². The highest BCUT2D eigenvalue weighted by atomic mass is 32.2. The Morgan fingerprint density at radius 2 is 1.97 bits per heavy atom. The number of thiazole rings is 1. The van der Waals surface area contributed by atoms with Crippen LogP contribution in [0, 0.1) is 11.8 Å². The topological polar surface area (TPSA) is 74.7 Å². The first-order valence-corrected chi connectivity index (χ1v) is 18.5. The largest absolute Gasteiger partial charge is 0.462 e. The molecule has 0 N–H and O–H groups in total. The molecule has 0 aromatic carbocycles. The van der Waals surface area contributed by atoms with Crippen LogP contribution in [0.15, 0.2) is 33.8 Å². The second-order valence-corrected chi connectivity index (χ2v) is 17.5. The third-order valence-corrected chi connectivity index (χ3v) is 9.50. The van der Waals surface area contributed by atoms with Crippen molar-refractivity contribution < 1.29 is 36.7 Å². The Bertz CT molecular complexity index is 1030. The summed E-state index contributed by atoms with van der Waals surface area (Å²) in [5, 5.41) is 1.69. The van der Waals surface area contributed by atoms with Gasteiger partial charge in [-0.15, -0.1) is 11.3 Å². The molecule has 12 heteroatoms. The number of nitrogens with zero attached hydrogens (tertiary/aromatic N) is 1. The Balaban J connectivity index is 2.06. The molecule has 0 spiro atoms. The van der Waals surface area contributed by atoms with Gasteiger partial charge in [-0.1, -0.05) is 23.9 Å². The molecule has 1 saturated carbocycles. The van der Waals surface area contributed by atoms with Gasteiger partial charge in [-0.3, -0.25) is 4.79 Å². The van der Waals surface area contributed by atoms with Crippen molar-refractivity contribution in [3.8, 4) is 0 Å². The minimum atomic E-state index is -2.28. The van der Waals surface area contributed by atoms with Crippen LogP contribution in [0.1, 0.15) is 69.8 Å².